The van der Waals surface area contributed by atoms with Crippen LogP contribution in [0, 0.1) is 7.14 Å². The molecule has 2 aliphatic rings. The highest BCUT2D eigenvalue weighted by atomic mass is 127. The first-order valence-electron chi connectivity index (χ1n) is 8.08. The Bertz CT molecular complexity index is 783. The second-order valence-electron chi connectivity index (χ2n) is 6.04. The van der Waals surface area contributed by atoms with E-state index in [0.29, 0.717) is 25.1 Å². The molecule has 0 unspecified atom stereocenters. The summed E-state index contributed by atoms with van der Waals surface area (Å²) in [5.41, 5.74) is 0.726. The van der Waals surface area contributed by atoms with Crippen molar-refractivity contribution in [3.05, 3.63) is 29.7 Å². The average Bonchev–Trinajstić information content (AvgIpc) is 2.87. The number of amides is 3. The predicted octanol–water partition coefficient (Wildman–Crippen LogP) is 3.65. The van der Waals surface area contributed by atoms with Gasteiger partial charge in [-0.05, 0) is 100.0 Å². The lowest BCUT2D eigenvalue weighted by atomic mass is 10.1. The summed E-state index contributed by atoms with van der Waals surface area (Å²) in [7, 11) is 0. The monoisotopic (exact) mass is 598 g/mol. The molecular weight excluding hydrogens is 582 g/mol. The largest absolute Gasteiger partial charge is 0.506 e. The van der Waals surface area contributed by atoms with E-state index in [1.165, 1.54) is 0 Å². The summed E-state index contributed by atoms with van der Waals surface area (Å²) in [4.78, 5) is 40.2. The molecule has 2 fully saturated rings. The Morgan fingerprint density at radius 1 is 1.15 bits per heavy atom. The molecule has 1 N–H and O–H groups in total. The Kier molecular flexibility index (Phi) is 6.49. The third-order valence-electron chi connectivity index (χ3n) is 4.21. The van der Waals surface area contributed by atoms with Crippen LogP contribution in [0.2, 0.25) is 0 Å². The molecule has 9 heteroatoms. The van der Waals surface area contributed by atoms with Crippen LogP contribution >= 0.6 is 56.9 Å². The minimum absolute atomic E-state index is 0.179. The molecule has 2 aliphatic heterocycles. The highest BCUT2D eigenvalue weighted by Gasteiger charge is 2.37. The van der Waals surface area contributed by atoms with Gasteiger partial charge in [-0.25, -0.2) is 0 Å². The lowest BCUT2D eigenvalue weighted by Crippen LogP contribution is -2.44. The van der Waals surface area contributed by atoms with Crippen LogP contribution in [0.25, 0.3) is 6.08 Å². The van der Waals surface area contributed by atoms with E-state index in [2.05, 4.69) is 0 Å². The zero-order valence-electron chi connectivity index (χ0n) is 13.7. The van der Waals surface area contributed by atoms with Crippen LogP contribution in [0.15, 0.2) is 17.0 Å². The van der Waals surface area contributed by atoms with Crippen molar-refractivity contribution in [2.45, 2.75) is 19.3 Å². The van der Waals surface area contributed by atoms with Gasteiger partial charge in [0.15, 0.2) is 0 Å². The Balaban J connectivity index is 1.75. The molecule has 26 heavy (non-hydrogen) atoms. The van der Waals surface area contributed by atoms with Gasteiger partial charge < -0.3 is 10.0 Å². The lowest BCUT2D eigenvalue weighted by molar-refractivity contribution is -0.136. The molecule has 0 saturated carbocycles. The third-order valence-corrected chi connectivity index (χ3v) is 6.76. The van der Waals surface area contributed by atoms with Gasteiger partial charge in [0.25, 0.3) is 11.1 Å². The predicted molar refractivity (Wildman–Crippen MR) is 117 cm³/mol. The number of piperidine rings is 1. The van der Waals surface area contributed by atoms with Gasteiger partial charge in [0.1, 0.15) is 12.3 Å². The number of hydrogen-bond acceptors (Lipinski definition) is 5. The summed E-state index contributed by atoms with van der Waals surface area (Å²) in [6.07, 6.45) is 4.66. The molecule has 0 spiro atoms. The van der Waals surface area contributed by atoms with Gasteiger partial charge in [-0.15, -0.1) is 0 Å². The summed E-state index contributed by atoms with van der Waals surface area (Å²) in [6, 6.07) is 3.48. The fourth-order valence-electron chi connectivity index (χ4n) is 2.83. The number of aromatic hydroxyl groups is 1. The number of imide groups is 1. The topological polar surface area (TPSA) is 77.9 Å². The molecule has 0 atom stereocenters. The van der Waals surface area contributed by atoms with Gasteiger partial charge in [0, 0.05) is 13.1 Å². The molecule has 3 amide bonds. The molecule has 0 bridgehead atoms. The Labute approximate surface area is 182 Å². The zero-order valence-corrected chi connectivity index (χ0v) is 18.8. The number of thioether (sulfide) groups is 1. The third kappa shape index (κ3) is 4.35. The van der Waals surface area contributed by atoms with Crippen molar-refractivity contribution < 1.29 is 19.5 Å². The van der Waals surface area contributed by atoms with Crippen LogP contribution in [0.5, 0.6) is 5.75 Å². The standard InChI is InChI=1S/C17H16I2N2O4S/c18-11-6-10(7-12(19)15(11)23)8-13-16(24)21(17(25)26-13)9-14(22)20-4-2-1-3-5-20/h6-8,23H,1-5,9H2/b13-8+. The first kappa shape index (κ1) is 19.9. The van der Waals surface area contributed by atoms with E-state index in [-0.39, 0.29) is 18.2 Å². The number of phenolic OH excluding ortho intramolecular Hbond substituents is 1. The van der Waals surface area contributed by atoms with E-state index in [1.807, 2.05) is 45.2 Å². The normalized spacial score (nSPS) is 19.5. The summed E-state index contributed by atoms with van der Waals surface area (Å²) in [6.45, 7) is 1.18. The molecule has 0 radical (unpaired) electrons. The number of likely N-dealkylation sites (tertiary alicyclic amines) is 1. The van der Waals surface area contributed by atoms with Crippen LogP contribution in [0.4, 0.5) is 4.79 Å². The number of hydrogen-bond donors (Lipinski definition) is 1. The van der Waals surface area contributed by atoms with Crippen LogP contribution < -0.4 is 0 Å². The van der Waals surface area contributed by atoms with Crippen LogP contribution in [0.1, 0.15) is 24.8 Å². The quantitative estimate of drug-likeness (QED) is 0.425. The molecular formula is C17H16I2N2O4S. The maximum atomic E-state index is 12.6. The van der Waals surface area contributed by atoms with Crippen molar-refractivity contribution in [3.8, 4) is 5.75 Å². The maximum absolute atomic E-state index is 12.6. The van der Waals surface area contributed by atoms with Crippen molar-refractivity contribution in [2.24, 2.45) is 0 Å². The maximum Gasteiger partial charge on any atom is 0.294 e. The van der Waals surface area contributed by atoms with Gasteiger partial charge in [-0.3, -0.25) is 19.3 Å². The van der Waals surface area contributed by atoms with E-state index in [0.717, 1.165) is 41.5 Å². The van der Waals surface area contributed by atoms with Crippen LogP contribution in [-0.2, 0) is 9.59 Å². The summed E-state index contributed by atoms with van der Waals surface area (Å²) >= 11 is 4.87. The SMILES string of the molecule is O=C(CN1C(=O)S/C(=C/c2cc(I)c(O)c(I)c2)C1=O)N1CCCCC1. The molecule has 2 heterocycles. The van der Waals surface area contributed by atoms with E-state index in [1.54, 1.807) is 23.1 Å². The minimum atomic E-state index is -0.441. The molecule has 1 aromatic rings. The number of benzene rings is 1. The summed E-state index contributed by atoms with van der Waals surface area (Å²) in [5.74, 6) is -0.422. The van der Waals surface area contributed by atoms with E-state index >= 15 is 0 Å². The number of phenols is 1. The number of rotatable bonds is 3. The fraction of sp³-hybridized carbons (Fsp3) is 0.353. The average molecular weight is 598 g/mol. The second-order valence-corrected chi connectivity index (χ2v) is 9.36. The highest BCUT2D eigenvalue weighted by molar-refractivity contribution is 14.1. The van der Waals surface area contributed by atoms with E-state index in [9.17, 15) is 19.5 Å². The fourth-order valence-corrected chi connectivity index (χ4v) is 5.49. The van der Waals surface area contributed by atoms with Crippen molar-refractivity contribution >= 4 is 80.1 Å². The second kappa shape index (κ2) is 8.46. The minimum Gasteiger partial charge on any atom is -0.506 e. The molecule has 1 aromatic carbocycles. The molecule has 138 valence electrons. The van der Waals surface area contributed by atoms with Crippen molar-refractivity contribution in [1.29, 1.82) is 0 Å². The Morgan fingerprint density at radius 3 is 2.38 bits per heavy atom. The smallest absolute Gasteiger partial charge is 0.294 e. The van der Waals surface area contributed by atoms with Crippen molar-refractivity contribution in [1.82, 2.24) is 9.80 Å². The number of nitrogens with zero attached hydrogens (tertiary/aromatic N) is 2. The Morgan fingerprint density at radius 2 is 1.77 bits per heavy atom. The molecule has 2 saturated heterocycles. The lowest BCUT2D eigenvalue weighted by Gasteiger charge is -2.27. The Hall–Kier alpha value is -0.820. The van der Waals surface area contributed by atoms with Gasteiger partial charge in [0.05, 0.1) is 12.0 Å². The van der Waals surface area contributed by atoms with Crippen LogP contribution in [-0.4, -0.2) is 51.6 Å². The van der Waals surface area contributed by atoms with E-state index < -0.39 is 11.1 Å². The van der Waals surface area contributed by atoms with Crippen LogP contribution in [0.3, 0.4) is 0 Å². The summed E-state index contributed by atoms with van der Waals surface area (Å²) in [5, 5.41) is 9.42. The number of carbonyl (C=O) groups is 3. The van der Waals surface area contributed by atoms with E-state index in [4.69, 9.17) is 0 Å². The van der Waals surface area contributed by atoms with Gasteiger partial charge >= 0.3 is 0 Å². The molecule has 0 aliphatic carbocycles. The first-order chi connectivity index (χ1) is 12.4. The number of halogens is 2. The van der Waals surface area contributed by atoms with Crippen molar-refractivity contribution in [2.75, 3.05) is 19.6 Å². The molecule has 3 rings (SSSR count). The highest BCUT2D eigenvalue weighted by Crippen LogP contribution is 2.34. The van der Waals surface area contributed by atoms with Gasteiger partial charge in [0.2, 0.25) is 5.91 Å². The van der Waals surface area contributed by atoms with Gasteiger partial charge in [-0.2, -0.15) is 0 Å². The van der Waals surface area contributed by atoms with Crippen molar-refractivity contribution in [3.63, 3.8) is 0 Å². The molecule has 0 aromatic heterocycles. The zero-order chi connectivity index (χ0) is 18.8. The summed E-state index contributed by atoms with van der Waals surface area (Å²) < 4.78 is 1.33. The first-order valence-corrected chi connectivity index (χ1v) is 11.1. The number of carbonyl (C=O) groups excluding carboxylic acids is 3. The molecule has 6 nitrogen and oxygen atoms in total. The van der Waals surface area contributed by atoms with Gasteiger partial charge in [-0.1, -0.05) is 0 Å².